The lowest BCUT2D eigenvalue weighted by molar-refractivity contribution is 0.371. The molecule has 2 N–H and O–H groups in total. The fourth-order valence-electron chi connectivity index (χ4n) is 2.26. The van der Waals surface area contributed by atoms with Gasteiger partial charge in [-0.25, -0.2) is 0 Å². The van der Waals surface area contributed by atoms with Crippen molar-refractivity contribution in [1.29, 1.82) is 0 Å². The van der Waals surface area contributed by atoms with E-state index in [2.05, 4.69) is 9.98 Å². The maximum atomic E-state index is 12.1. The SMILES string of the molecule is CC[C@H](C)n1c(O)c(C=N[C@H](C)c2ccccc2)c(=O)[nH]c1=S. The number of aromatic amines is 1. The van der Waals surface area contributed by atoms with Crippen LogP contribution in [0, 0.1) is 4.77 Å². The maximum absolute atomic E-state index is 12.1. The molecule has 0 saturated carbocycles. The molecule has 0 aliphatic rings. The quantitative estimate of drug-likeness (QED) is 0.647. The van der Waals surface area contributed by atoms with E-state index in [-0.39, 0.29) is 28.3 Å². The fraction of sp³-hybridized carbons (Fsp3) is 0.353. The van der Waals surface area contributed by atoms with Crippen molar-refractivity contribution in [2.75, 3.05) is 0 Å². The summed E-state index contributed by atoms with van der Waals surface area (Å²) < 4.78 is 1.76. The molecule has 2 aromatic rings. The molecule has 1 aromatic heterocycles. The van der Waals surface area contributed by atoms with E-state index in [1.165, 1.54) is 6.21 Å². The van der Waals surface area contributed by atoms with Gasteiger partial charge < -0.3 is 5.11 Å². The monoisotopic (exact) mass is 331 g/mol. The Morgan fingerprint density at radius 3 is 2.61 bits per heavy atom. The van der Waals surface area contributed by atoms with Crippen molar-refractivity contribution in [3.63, 3.8) is 0 Å². The zero-order valence-electron chi connectivity index (χ0n) is 13.5. The van der Waals surface area contributed by atoms with Crippen molar-refractivity contribution < 1.29 is 5.11 Å². The third-order valence-corrected chi connectivity index (χ3v) is 4.19. The first-order valence-corrected chi connectivity index (χ1v) is 8.02. The predicted molar refractivity (Wildman–Crippen MR) is 95.0 cm³/mol. The minimum absolute atomic E-state index is 0.0157. The minimum atomic E-state index is -0.434. The maximum Gasteiger partial charge on any atom is 0.264 e. The van der Waals surface area contributed by atoms with Gasteiger partial charge in [0.15, 0.2) is 4.77 Å². The van der Waals surface area contributed by atoms with Gasteiger partial charge in [0.1, 0.15) is 5.56 Å². The van der Waals surface area contributed by atoms with E-state index < -0.39 is 5.56 Å². The molecule has 0 aliphatic heterocycles. The first-order chi connectivity index (χ1) is 11.0. The molecule has 0 amide bonds. The predicted octanol–water partition coefficient (Wildman–Crippen LogP) is 3.76. The standard InChI is InChI=1S/C17H21N3O2S/c1-4-11(2)20-16(22)14(15(21)19-17(20)23)10-18-12(3)13-8-6-5-7-9-13/h5-12,22H,4H2,1-3H3,(H,19,21,23)/t11-,12+/m0/s1. The molecule has 0 fully saturated rings. The number of nitrogens with zero attached hydrogens (tertiary/aromatic N) is 2. The Morgan fingerprint density at radius 2 is 2.00 bits per heavy atom. The average Bonchev–Trinajstić information content (AvgIpc) is 2.54. The number of hydrogen-bond acceptors (Lipinski definition) is 4. The van der Waals surface area contributed by atoms with Crippen molar-refractivity contribution in [2.24, 2.45) is 4.99 Å². The molecular weight excluding hydrogens is 310 g/mol. The second kappa shape index (κ2) is 7.37. The highest BCUT2D eigenvalue weighted by Gasteiger charge is 2.14. The molecule has 1 aromatic carbocycles. The van der Waals surface area contributed by atoms with Gasteiger partial charge in [0, 0.05) is 12.3 Å². The van der Waals surface area contributed by atoms with Crippen LogP contribution in [0.5, 0.6) is 5.88 Å². The summed E-state index contributed by atoms with van der Waals surface area (Å²) in [7, 11) is 0. The average molecular weight is 331 g/mol. The molecule has 2 atom stereocenters. The molecule has 1 heterocycles. The number of aliphatic imine (C=N–C) groups is 1. The molecule has 2 rings (SSSR count). The second-order valence-corrected chi connectivity index (χ2v) is 5.88. The first-order valence-electron chi connectivity index (χ1n) is 7.61. The van der Waals surface area contributed by atoms with Crippen molar-refractivity contribution in [3.8, 4) is 5.88 Å². The van der Waals surface area contributed by atoms with Gasteiger partial charge in [0.2, 0.25) is 5.88 Å². The summed E-state index contributed by atoms with van der Waals surface area (Å²) in [5.41, 5.74) is 0.729. The van der Waals surface area contributed by atoms with E-state index in [0.717, 1.165) is 12.0 Å². The number of H-pyrrole nitrogens is 1. The Hall–Kier alpha value is -2.21. The summed E-state index contributed by atoms with van der Waals surface area (Å²) in [6, 6.07) is 9.63. The van der Waals surface area contributed by atoms with Crippen molar-refractivity contribution in [1.82, 2.24) is 9.55 Å². The number of benzene rings is 1. The van der Waals surface area contributed by atoms with Crippen LogP contribution >= 0.6 is 12.2 Å². The van der Waals surface area contributed by atoms with Gasteiger partial charge in [-0.3, -0.25) is 19.3 Å². The third-order valence-electron chi connectivity index (χ3n) is 3.89. The van der Waals surface area contributed by atoms with Crippen LogP contribution in [0.1, 0.15) is 50.4 Å². The summed E-state index contributed by atoms with van der Waals surface area (Å²) in [4.78, 5) is 19.1. The topological polar surface area (TPSA) is 70.4 Å². The highest BCUT2D eigenvalue weighted by atomic mass is 32.1. The van der Waals surface area contributed by atoms with Crippen LogP contribution in [0.2, 0.25) is 0 Å². The lowest BCUT2D eigenvalue weighted by Crippen LogP contribution is -2.20. The van der Waals surface area contributed by atoms with E-state index in [4.69, 9.17) is 12.2 Å². The second-order valence-electron chi connectivity index (χ2n) is 5.49. The lowest BCUT2D eigenvalue weighted by atomic mass is 10.1. The minimum Gasteiger partial charge on any atom is -0.494 e. The lowest BCUT2D eigenvalue weighted by Gasteiger charge is -2.17. The summed E-state index contributed by atoms with van der Waals surface area (Å²) in [5.74, 6) is -0.142. The Labute approximate surface area is 140 Å². The van der Waals surface area contributed by atoms with Gasteiger partial charge in [0.25, 0.3) is 5.56 Å². The smallest absolute Gasteiger partial charge is 0.264 e. The summed E-state index contributed by atoms with van der Waals surface area (Å²) in [6.07, 6.45) is 2.20. The number of aromatic nitrogens is 2. The van der Waals surface area contributed by atoms with E-state index in [9.17, 15) is 9.90 Å². The third kappa shape index (κ3) is 3.76. The van der Waals surface area contributed by atoms with Crippen LogP contribution in [0.3, 0.4) is 0 Å². The molecular formula is C17H21N3O2S. The Morgan fingerprint density at radius 1 is 1.35 bits per heavy atom. The molecule has 0 radical (unpaired) electrons. The first kappa shape index (κ1) is 17.1. The van der Waals surface area contributed by atoms with Crippen molar-refractivity contribution in [3.05, 3.63) is 56.6 Å². The largest absolute Gasteiger partial charge is 0.494 e. The molecule has 0 aliphatic carbocycles. The van der Waals surface area contributed by atoms with E-state index in [1.807, 2.05) is 51.1 Å². The van der Waals surface area contributed by atoms with Crippen LogP contribution in [0.4, 0.5) is 0 Å². The molecule has 23 heavy (non-hydrogen) atoms. The van der Waals surface area contributed by atoms with Gasteiger partial charge >= 0.3 is 0 Å². The molecule has 122 valence electrons. The number of nitrogens with one attached hydrogen (secondary N) is 1. The summed E-state index contributed by atoms with van der Waals surface area (Å²) in [6.45, 7) is 5.85. The molecule has 0 bridgehead atoms. The van der Waals surface area contributed by atoms with Gasteiger partial charge in [-0.2, -0.15) is 0 Å². The Bertz CT molecular complexity index is 809. The van der Waals surface area contributed by atoms with E-state index >= 15 is 0 Å². The van der Waals surface area contributed by atoms with Gasteiger partial charge in [-0.15, -0.1) is 0 Å². The molecule has 5 nitrogen and oxygen atoms in total. The molecule has 0 saturated heterocycles. The zero-order chi connectivity index (χ0) is 17.0. The summed E-state index contributed by atoms with van der Waals surface area (Å²) >= 11 is 5.14. The molecule has 0 spiro atoms. The number of aromatic hydroxyl groups is 1. The van der Waals surface area contributed by atoms with Crippen LogP contribution < -0.4 is 5.56 Å². The fourth-order valence-corrected chi connectivity index (χ4v) is 2.62. The van der Waals surface area contributed by atoms with Crippen LogP contribution in [0.25, 0.3) is 0 Å². The zero-order valence-corrected chi connectivity index (χ0v) is 14.3. The van der Waals surface area contributed by atoms with Gasteiger partial charge in [-0.05, 0) is 38.0 Å². The van der Waals surface area contributed by atoms with E-state index in [1.54, 1.807) is 4.57 Å². The van der Waals surface area contributed by atoms with Crippen molar-refractivity contribution >= 4 is 18.4 Å². The Balaban J connectivity index is 2.42. The van der Waals surface area contributed by atoms with Crippen LogP contribution in [0.15, 0.2) is 40.1 Å². The van der Waals surface area contributed by atoms with Crippen molar-refractivity contribution in [2.45, 2.75) is 39.3 Å². The molecule has 0 unspecified atom stereocenters. The number of hydrogen-bond donors (Lipinski definition) is 2. The normalized spacial score (nSPS) is 14.0. The highest BCUT2D eigenvalue weighted by Crippen LogP contribution is 2.21. The van der Waals surface area contributed by atoms with Crippen LogP contribution in [-0.2, 0) is 0 Å². The summed E-state index contributed by atoms with van der Waals surface area (Å²) in [5, 5.41) is 10.4. The number of rotatable bonds is 5. The van der Waals surface area contributed by atoms with Gasteiger partial charge in [-0.1, -0.05) is 37.3 Å². The van der Waals surface area contributed by atoms with Gasteiger partial charge in [0.05, 0.1) is 6.04 Å². The van der Waals surface area contributed by atoms with E-state index in [0.29, 0.717) is 0 Å². The Kier molecular flexibility index (Phi) is 5.50. The van der Waals surface area contributed by atoms with Crippen LogP contribution in [-0.4, -0.2) is 20.9 Å². The molecule has 6 heteroatoms. The highest BCUT2D eigenvalue weighted by molar-refractivity contribution is 7.71.